The Bertz CT molecular complexity index is 1170. The van der Waals surface area contributed by atoms with Gasteiger partial charge in [-0.2, -0.15) is 5.10 Å². The van der Waals surface area contributed by atoms with Crippen molar-refractivity contribution in [3.8, 4) is 5.75 Å². The van der Waals surface area contributed by atoms with Crippen molar-refractivity contribution in [2.75, 3.05) is 19.7 Å². The standard InChI is InChI=1S/C24H27N3O5/c1-2-8-31-18-5-4-15-9-19(24(30)32-22(15)12-18)23(29)26-13-16-10-20(27-7-3-6-25-27)21(28)11-17(16)14-26/h3-7,9,12,16-17,20-21,28H,2,8,10-11,13-14H2,1H3/t16-,17+,20-,21-/m1/s1. The van der Waals surface area contributed by atoms with Gasteiger partial charge in [-0.25, -0.2) is 4.79 Å². The van der Waals surface area contributed by atoms with Crippen molar-refractivity contribution in [1.82, 2.24) is 14.7 Å². The highest BCUT2D eigenvalue weighted by Gasteiger charge is 2.44. The molecule has 5 rings (SSSR count). The molecule has 1 N–H and O–H groups in total. The number of aromatic nitrogens is 2. The van der Waals surface area contributed by atoms with E-state index in [1.807, 2.05) is 29.9 Å². The lowest BCUT2D eigenvalue weighted by molar-refractivity contribution is 0.0306. The fourth-order valence-corrected chi connectivity index (χ4v) is 5.05. The van der Waals surface area contributed by atoms with Crippen molar-refractivity contribution in [2.45, 2.75) is 38.3 Å². The first-order chi connectivity index (χ1) is 15.5. The second-order valence-corrected chi connectivity index (χ2v) is 8.82. The molecule has 2 fully saturated rings. The van der Waals surface area contributed by atoms with Crippen molar-refractivity contribution in [2.24, 2.45) is 11.8 Å². The molecule has 168 valence electrons. The number of rotatable bonds is 5. The van der Waals surface area contributed by atoms with Crippen LogP contribution in [0.3, 0.4) is 0 Å². The summed E-state index contributed by atoms with van der Waals surface area (Å²) in [5, 5.41) is 15.6. The van der Waals surface area contributed by atoms with Crippen LogP contribution in [0.1, 0.15) is 42.6 Å². The Labute approximate surface area is 185 Å². The average Bonchev–Trinajstić information content (AvgIpc) is 3.45. The number of hydrogen-bond acceptors (Lipinski definition) is 6. The van der Waals surface area contributed by atoms with Gasteiger partial charge in [-0.15, -0.1) is 0 Å². The van der Waals surface area contributed by atoms with Crippen LogP contribution < -0.4 is 10.4 Å². The van der Waals surface area contributed by atoms with Gasteiger partial charge in [0.25, 0.3) is 5.91 Å². The first-order valence-corrected chi connectivity index (χ1v) is 11.2. The van der Waals surface area contributed by atoms with Crippen molar-refractivity contribution >= 4 is 16.9 Å². The number of carbonyl (C=O) groups excluding carboxylic acids is 1. The summed E-state index contributed by atoms with van der Waals surface area (Å²) in [6, 6.07) is 8.66. The molecule has 0 unspecified atom stereocenters. The maximum atomic E-state index is 13.2. The Morgan fingerprint density at radius 1 is 1.25 bits per heavy atom. The second kappa shape index (κ2) is 8.43. The minimum absolute atomic E-state index is 0.0440. The summed E-state index contributed by atoms with van der Waals surface area (Å²) in [6.45, 7) is 3.70. The normalized spacial score (nSPS) is 25.1. The van der Waals surface area contributed by atoms with E-state index in [9.17, 15) is 14.7 Å². The van der Waals surface area contributed by atoms with Crippen LogP contribution in [0.2, 0.25) is 0 Å². The van der Waals surface area contributed by atoms with Gasteiger partial charge in [-0.05, 0) is 55.4 Å². The maximum absolute atomic E-state index is 13.2. The Hall–Kier alpha value is -3.13. The molecule has 0 radical (unpaired) electrons. The molecule has 32 heavy (non-hydrogen) atoms. The van der Waals surface area contributed by atoms with Gasteiger partial charge in [0.15, 0.2) is 0 Å². The first-order valence-electron chi connectivity index (χ1n) is 11.2. The molecule has 0 spiro atoms. The van der Waals surface area contributed by atoms with Crippen molar-refractivity contribution in [3.05, 3.63) is 58.7 Å². The molecule has 1 aromatic carbocycles. The smallest absolute Gasteiger partial charge is 0.349 e. The third-order valence-corrected chi connectivity index (χ3v) is 6.67. The molecule has 1 amide bonds. The molecule has 0 bridgehead atoms. The van der Waals surface area contributed by atoms with Crippen molar-refractivity contribution < 1.29 is 19.1 Å². The Balaban J connectivity index is 1.34. The van der Waals surface area contributed by atoms with E-state index in [-0.39, 0.29) is 29.3 Å². The van der Waals surface area contributed by atoms with Crippen LogP contribution in [0.4, 0.5) is 0 Å². The highest BCUT2D eigenvalue weighted by atomic mass is 16.5. The number of amides is 1. The molecule has 2 aliphatic rings. The molecule has 1 aliphatic heterocycles. The van der Waals surface area contributed by atoms with E-state index < -0.39 is 11.7 Å². The maximum Gasteiger partial charge on any atom is 0.349 e. The topological polar surface area (TPSA) is 97.8 Å². The molecule has 3 heterocycles. The number of benzene rings is 1. The third-order valence-electron chi connectivity index (χ3n) is 6.67. The van der Waals surface area contributed by atoms with Gasteiger partial charge in [0, 0.05) is 36.9 Å². The van der Waals surface area contributed by atoms with E-state index >= 15 is 0 Å². The summed E-state index contributed by atoms with van der Waals surface area (Å²) >= 11 is 0. The summed E-state index contributed by atoms with van der Waals surface area (Å²) in [5.74, 6) is 0.802. The predicted molar refractivity (Wildman–Crippen MR) is 118 cm³/mol. The van der Waals surface area contributed by atoms with Gasteiger partial charge in [0.2, 0.25) is 0 Å². The Morgan fingerprint density at radius 2 is 2.06 bits per heavy atom. The zero-order valence-corrected chi connectivity index (χ0v) is 18.0. The number of likely N-dealkylation sites (tertiary alicyclic amines) is 1. The quantitative estimate of drug-likeness (QED) is 0.617. The van der Waals surface area contributed by atoms with Gasteiger partial charge < -0.3 is 19.2 Å². The number of hydrogen-bond donors (Lipinski definition) is 1. The number of aliphatic hydroxyl groups excluding tert-OH is 1. The van der Waals surface area contributed by atoms with Gasteiger partial charge in [0.1, 0.15) is 16.9 Å². The summed E-state index contributed by atoms with van der Waals surface area (Å²) in [6.07, 6.45) is 5.33. The fourth-order valence-electron chi connectivity index (χ4n) is 5.05. The third kappa shape index (κ3) is 3.79. The molecule has 8 heteroatoms. The van der Waals surface area contributed by atoms with Crippen LogP contribution in [-0.4, -0.2) is 51.5 Å². The molecule has 1 aliphatic carbocycles. The number of fused-ring (bicyclic) bond motifs is 2. The number of aliphatic hydroxyl groups is 1. The molecule has 1 saturated carbocycles. The average molecular weight is 437 g/mol. The second-order valence-electron chi connectivity index (χ2n) is 8.82. The fraction of sp³-hybridized carbons (Fsp3) is 0.458. The van der Waals surface area contributed by atoms with E-state index in [0.29, 0.717) is 42.8 Å². The Kier molecular flexibility index (Phi) is 5.46. The van der Waals surface area contributed by atoms with Gasteiger partial charge in [-0.1, -0.05) is 6.92 Å². The SMILES string of the molecule is CCCOc1ccc2cc(C(=O)N3C[C@H]4C[C@@H](n5cccn5)[C@H](O)C[C@H]4C3)c(=O)oc2c1. The van der Waals surface area contributed by atoms with Gasteiger partial charge in [-0.3, -0.25) is 9.48 Å². The largest absolute Gasteiger partial charge is 0.493 e. The molecule has 3 aromatic rings. The van der Waals surface area contributed by atoms with Crippen molar-refractivity contribution in [1.29, 1.82) is 0 Å². The molecule has 1 saturated heterocycles. The van der Waals surface area contributed by atoms with Crippen LogP contribution in [0.5, 0.6) is 5.75 Å². The zero-order chi connectivity index (χ0) is 22.2. The van der Waals surface area contributed by atoms with E-state index in [1.165, 1.54) is 0 Å². The zero-order valence-electron chi connectivity index (χ0n) is 18.0. The molecule has 4 atom stereocenters. The lowest BCUT2D eigenvalue weighted by Gasteiger charge is -2.35. The lowest BCUT2D eigenvalue weighted by atomic mass is 9.77. The van der Waals surface area contributed by atoms with Crippen LogP contribution in [0, 0.1) is 11.8 Å². The number of ether oxygens (including phenoxy) is 1. The van der Waals surface area contributed by atoms with E-state index in [1.54, 1.807) is 29.3 Å². The van der Waals surface area contributed by atoms with E-state index in [4.69, 9.17) is 9.15 Å². The van der Waals surface area contributed by atoms with Crippen LogP contribution in [-0.2, 0) is 0 Å². The monoisotopic (exact) mass is 437 g/mol. The van der Waals surface area contributed by atoms with Crippen LogP contribution in [0.15, 0.2) is 51.9 Å². The molecular formula is C24H27N3O5. The molecule has 2 aromatic heterocycles. The number of carbonyl (C=O) groups is 1. The molecule has 8 nitrogen and oxygen atoms in total. The van der Waals surface area contributed by atoms with Gasteiger partial charge in [0.05, 0.1) is 18.8 Å². The van der Waals surface area contributed by atoms with E-state index in [0.717, 1.165) is 12.8 Å². The van der Waals surface area contributed by atoms with Crippen LogP contribution >= 0.6 is 0 Å². The van der Waals surface area contributed by atoms with E-state index in [2.05, 4.69) is 5.10 Å². The van der Waals surface area contributed by atoms with Crippen LogP contribution in [0.25, 0.3) is 11.0 Å². The summed E-state index contributed by atoms with van der Waals surface area (Å²) in [5.41, 5.74) is -0.192. The number of nitrogens with zero attached hydrogens (tertiary/aromatic N) is 3. The van der Waals surface area contributed by atoms with Crippen molar-refractivity contribution in [3.63, 3.8) is 0 Å². The highest BCUT2D eigenvalue weighted by Crippen LogP contribution is 2.41. The molecular weight excluding hydrogens is 410 g/mol. The first kappa shape index (κ1) is 20.8. The minimum Gasteiger partial charge on any atom is -0.493 e. The summed E-state index contributed by atoms with van der Waals surface area (Å²) in [7, 11) is 0. The predicted octanol–water partition coefficient (Wildman–Crippen LogP) is 2.86. The lowest BCUT2D eigenvalue weighted by Crippen LogP contribution is -2.36. The minimum atomic E-state index is -0.639. The Morgan fingerprint density at radius 3 is 2.81 bits per heavy atom. The summed E-state index contributed by atoms with van der Waals surface area (Å²) in [4.78, 5) is 27.6. The summed E-state index contributed by atoms with van der Waals surface area (Å²) < 4.78 is 12.9. The highest BCUT2D eigenvalue weighted by molar-refractivity contribution is 5.97. The van der Waals surface area contributed by atoms with Gasteiger partial charge >= 0.3 is 5.63 Å².